The van der Waals surface area contributed by atoms with Crippen LogP contribution >= 0.6 is 15.9 Å². The van der Waals surface area contributed by atoms with E-state index in [4.69, 9.17) is 5.11 Å². The molecule has 19 heavy (non-hydrogen) atoms. The van der Waals surface area contributed by atoms with E-state index in [0.29, 0.717) is 28.8 Å². The second-order valence-electron chi connectivity index (χ2n) is 3.73. The van der Waals surface area contributed by atoms with Gasteiger partial charge < -0.3 is 10.4 Å². The lowest BCUT2D eigenvalue weighted by Crippen LogP contribution is -2.25. The summed E-state index contributed by atoms with van der Waals surface area (Å²) in [7, 11) is 0. The van der Waals surface area contributed by atoms with E-state index in [1.54, 1.807) is 10.6 Å². The highest BCUT2D eigenvalue weighted by Gasteiger charge is 2.10. The Morgan fingerprint density at radius 2 is 2.16 bits per heavy atom. The van der Waals surface area contributed by atoms with Gasteiger partial charge in [0, 0.05) is 19.3 Å². The van der Waals surface area contributed by atoms with Crippen molar-refractivity contribution in [2.45, 2.75) is 6.42 Å². The van der Waals surface area contributed by atoms with E-state index in [0.717, 1.165) is 0 Å². The molecule has 0 radical (unpaired) electrons. The molecule has 2 rings (SSSR count). The van der Waals surface area contributed by atoms with Crippen LogP contribution < -0.4 is 5.32 Å². The number of nitrogens with zero attached hydrogens (tertiary/aromatic N) is 4. The molecule has 2 aromatic heterocycles. The summed E-state index contributed by atoms with van der Waals surface area (Å²) < 4.78 is 2.31. The lowest BCUT2D eigenvalue weighted by molar-refractivity contribution is 0.0950. The summed E-state index contributed by atoms with van der Waals surface area (Å²) in [6.07, 6.45) is 5.05. The Labute approximate surface area is 117 Å². The van der Waals surface area contributed by atoms with Crippen LogP contribution in [0.25, 0.3) is 5.82 Å². The minimum atomic E-state index is -0.225. The summed E-state index contributed by atoms with van der Waals surface area (Å²) in [6.45, 7) is 0.481. The number of halogens is 1. The molecule has 0 bridgehead atoms. The zero-order chi connectivity index (χ0) is 13.7. The topological polar surface area (TPSA) is 92.9 Å². The van der Waals surface area contributed by atoms with Crippen molar-refractivity contribution in [3.05, 3.63) is 35.0 Å². The summed E-state index contributed by atoms with van der Waals surface area (Å²) in [4.78, 5) is 16.0. The zero-order valence-corrected chi connectivity index (χ0v) is 11.5. The Bertz CT molecular complexity index is 558. The highest BCUT2D eigenvalue weighted by Crippen LogP contribution is 2.19. The number of pyridine rings is 1. The third-order valence-corrected chi connectivity index (χ3v) is 2.95. The van der Waals surface area contributed by atoms with E-state index >= 15 is 0 Å². The average molecular weight is 326 g/mol. The molecular formula is C11H12BrN5O2. The molecule has 0 aliphatic heterocycles. The van der Waals surface area contributed by atoms with Gasteiger partial charge in [-0.25, -0.2) is 4.98 Å². The molecule has 0 fully saturated rings. The minimum Gasteiger partial charge on any atom is -0.396 e. The molecule has 2 N–H and O–H groups in total. The number of hydrogen-bond donors (Lipinski definition) is 2. The van der Waals surface area contributed by atoms with Crippen molar-refractivity contribution in [3.8, 4) is 5.82 Å². The maximum Gasteiger partial charge on any atom is 0.252 e. The number of nitrogens with one attached hydrogen (secondary N) is 1. The van der Waals surface area contributed by atoms with Gasteiger partial charge in [0.05, 0.1) is 10.0 Å². The first-order chi connectivity index (χ1) is 9.22. The SMILES string of the molecule is O=C(NCCCO)c1cnc(-n2cnnc2)c(Br)c1. The number of aromatic nitrogens is 4. The van der Waals surface area contributed by atoms with Crippen LogP contribution in [0, 0.1) is 0 Å². The predicted octanol–water partition coefficient (Wildman–Crippen LogP) is 0.537. The summed E-state index contributed by atoms with van der Waals surface area (Å²) >= 11 is 3.36. The summed E-state index contributed by atoms with van der Waals surface area (Å²) in [6, 6.07) is 1.68. The quantitative estimate of drug-likeness (QED) is 0.782. The van der Waals surface area contributed by atoms with Crippen LogP contribution in [-0.2, 0) is 0 Å². The number of carbonyl (C=O) groups excluding carboxylic acids is 1. The van der Waals surface area contributed by atoms with E-state index < -0.39 is 0 Å². The fourth-order valence-corrected chi connectivity index (χ4v) is 1.99. The first-order valence-corrected chi connectivity index (χ1v) is 6.41. The van der Waals surface area contributed by atoms with Crippen LogP contribution in [-0.4, -0.2) is 43.9 Å². The molecular weight excluding hydrogens is 314 g/mol. The Balaban J connectivity index is 2.13. The van der Waals surface area contributed by atoms with E-state index in [1.807, 2.05) is 0 Å². The maximum absolute atomic E-state index is 11.8. The molecule has 0 aliphatic rings. The van der Waals surface area contributed by atoms with Crippen molar-refractivity contribution in [1.82, 2.24) is 25.1 Å². The van der Waals surface area contributed by atoms with Gasteiger partial charge in [0.1, 0.15) is 12.7 Å². The van der Waals surface area contributed by atoms with Gasteiger partial charge in [-0.2, -0.15) is 0 Å². The van der Waals surface area contributed by atoms with Crippen LogP contribution in [0.1, 0.15) is 16.8 Å². The highest BCUT2D eigenvalue weighted by molar-refractivity contribution is 9.10. The van der Waals surface area contributed by atoms with Crippen LogP contribution in [0.15, 0.2) is 29.4 Å². The lowest BCUT2D eigenvalue weighted by atomic mass is 10.2. The van der Waals surface area contributed by atoms with E-state index in [9.17, 15) is 4.79 Å². The first-order valence-electron chi connectivity index (χ1n) is 5.62. The van der Waals surface area contributed by atoms with Crippen molar-refractivity contribution >= 4 is 21.8 Å². The van der Waals surface area contributed by atoms with Gasteiger partial charge >= 0.3 is 0 Å². The van der Waals surface area contributed by atoms with Gasteiger partial charge in [-0.1, -0.05) is 0 Å². The number of hydrogen-bond acceptors (Lipinski definition) is 5. The number of carbonyl (C=O) groups is 1. The van der Waals surface area contributed by atoms with Crippen LogP contribution in [0.3, 0.4) is 0 Å². The van der Waals surface area contributed by atoms with Gasteiger partial charge in [0.15, 0.2) is 5.82 Å². The molecule has 0 atom stereocenters. The molecule has 7 nitrogen and oxygen atoms in total. The Kier molecular flexibility index (Phi) is 4.58. The van der Waals surface area contributed by atoms with E-state index in [-0.39, 0.29) is 12.5 Å². The fraction of sp³-hybridized carbons (Fsp3) is 0.273. The van der Waals surface area contributed by atoms with E-state index in [1.165, 1.54) is 18.9 Å². The molecule has 0 aliphatic carbocycles. The molecule has 2 heterocycles. The number of rotatable bonds is 5. The molecule has 2 aromatic rings. The molecule has 100 valence electrons. The molecule has 0 saturated heterocycles. The Hall–Kier alpha value is -1.80. The van der Waals surface area contributed by atoms with Crippen LogP contribution in [0.5, 0.6) is 0 Å². The third kappa shape index (κ3) is 3.36. The van der Waals surface area contributed by atoms with Crippen molar-refractivity contribution in [3.63, 3.8) is 0 Å². The largest absolute Gasteiger partial charge is 0.396 e. The molecule has 8 heteroatoms. The zero-order valence-electron chi connectivity index (χ0n) is 9.95. The Morgan fingerprint density at radius 3 is 2.79 bits per heavy atom. The molecule has 0 spiro atoms. The van der Waals surface area contributed by atoms with E-state index in [2.05, 4.69) is 36.4 Å². The molecule has 1 amide bonds. The lowest BCUT2D eigenvalue weighted by Gasteiger charge is -2.07. The molecule has 0 aromatic carbocycles. The van der Waals surface area contributed by atoms with Crippen molar-refractivity contribution in [2.24, 2.45) is 0 Å². The summed E-state index contributed by atoms with van der Waals surface area (Å²) in [5.41, 5.74) is 0.446. The van der Waals surface area contributed by atoms with Crippen LogP contribution in [0.2, 0.25) is 0 Å². The smallest absolute Gasteiger partial charge is 0.252 e. The fourth-order valence-electron chi connectivity index (χ4n) is 1.44. The third-order valence-electron chi connectivity index (χ3n) is 2.37. The number of amides is 1. The molecule has 0 unspecified atom stereocenters. The first kappa shape index (κ1) is 13.6. The normalized spacial score (nSPS) is 10.4. The predicted molar refractivity (Wildman–Crippen MR) is 70.9 cm³/mol. The number of aliphatic hydroxyl groups excluding tert-OH is 1. The van der Waals surface area contributed by atoms with Crippen molar-refractivity contribution < 1.29 is 9.90 Å². The highest BCUT2D eigenvalue weighted by atomic mass is 79.9. The second-order valence-corrected chi connectivity index (χ2v) is 4.59. The van der Waals surface area contributed by atoms with Crippen molar-refractivity contribution in [1.29, 1.82) is 0 Å². The molecule has 0 saturated carbocycles. The van der Waals surface area contributed by atoms with Gasteiger partial charge in [-0.15, -0.1) is 10.2 Å². The minimum absolute atomic E-state index is 0.0504. The maximum atomic E-state index is 11.8. The van der Waals surface area contributed by atoms with Crippen molar-refractivity contribution in [2.75, 3.05) is 13.2 Å². The summed E-state index contributed by atoms with van der Waals surface area (Å²) in [5, 5.41) is 18.7. The monoisotopic (exact) mass is 325 g/mol. The Morgan fingerprint density at radius 1 is 1.42 bits per heavy atom. The second kappa shape index (κ2) is 6.39. The van der Waals surface area contributed by atoms with Gasteiger partial charge in [0.25, 0.3) is 5.91 Å². The van der Waals surface area contributed by atoms with Gasteiger partial charge in [0.2, 0.25) is 0 Å². The summed E-state index contributed by atoms with van der Waals surface area (Å²) in [5.74, 6) is 0.383. The van der Waals surface area contributed by atoms with Crippen LogP contribution in [0.4, 0.5) is 0 Å². The van der Waals surface area contributed by atoms with Gasteiger partial charge in [-0.3, -0.25) is 9.36 Å². The standard InChI is InChI=1S/C11H12BrN5O2/c12-9-4-8(11(19)13-2-1-3-18)5-14-10(9)17-6-15-16-7-17/h4-7,18H,1-3H2,(H,13,19). The number of aliphatic hydroxyl groups is 1. The van der Waals surface area contributed by atoms with Gasteiger partial charge in [-0.05, 0) is 28.4 Å². The average Bonchev–Trinajstić information content (AvgIpc) is 2.92.